The topological polar surface area (TPSA) is 94.2 Å². The van der Waals surface area contributed by atoms with Crippen molar-refractivity contribution in [1.29, 1.82) is 0 Å². The highest BCUT2D eigenvalue weighted by molar-refractivity contribution is 5.94. The lowest BCUT2D eigenvalue weighted by Gasteiger charge is -2.23. The van der Waals surface area contributed by atoms with E-state index < -0.39 is 5.83 Å². The summed E-state index contributed by atoms with van der Waals surface area (Å²) < 4.78 is 23.7. The molecule has 196 valence electrons. The number of unbranched alkanes of at least 4 members (excludes halogenated alkanes) is 2. The largest absolute Gasteiger partial charge is 0.494 e. The maximum atomic E-state index is 13.2. The second-order valence-corrected chi connectivity index (χ2v) is 8.69. The summed E-state index contributed by atoms with van der Waals surface area (Å²) in [6.45, 7) is 9.79. The fraction of sp³-hybridized carbons (Fsp3) is 0.393. The number of hydrogen-bond acceptors (Lipinski definition) is 7. The van der Waals surface area contributed by atoms with E-state index in [4.69, 9.17) is 9.26 Å². The van der Waals surface area contributed by atoms with E-state index in [1.807, 2.05) is 24.3 Å². The Labute approximate surface area is 217 Å². The Morgan fingerprint density at radius 3 is 2.59 bits per heavy atom. The number of amides is 1. The number of nitrogens with zero attached hydrogens (tertiary/aromatic N) is 5. The van der Waals surface area contributed by atoms with Gasteiger partial charge >= 0.3 is 0 Å². The molecule has 1 aromatic carbocycles. The number of allylic oxidation sites excluding steroid dienone is 1. The minimum atomic E-state index is -0.496. The van der Waals surface area contributed by atoms with Crippen LogP contribution < -0.4 is 9.64 Å². The number of aryl methyl sites for hydroxylation is 1. The van der Waals surface area contributed by atoms with Crippen LogP contribution in [0.3, 0.4) is 0 Å². The van der Waals surface area contributed by atoms with Crippen molar-refractivity contribution in [2.45, 2.75) is 57.3 Å². The van der Waals surface area contributed by atoms with Gasteiger partial charge in [-0.25, -0.2) is 14.4 Å². The summed E-state index contributed by atoms with van der Waals surface area (Å²) in [6, 6.07) is 7.49. The number of anilines is 1. The van der Waals surface area contributed by atoms with E-state index in [2.05, 4.69) is 39.8 Å². The zero-order valence-corrected chi connectivity index (χ0v) is 21.4. The first-order chi connectivity index (χ1) is 18.0. The van der Waals surface area contributed by atoms with Gasteiger partial charge in [-0.15, -0.1) is 13.2 Å². The molecule has 0 N–H and O–H groups in total. The number of carbonyl (C=O) groups is 1. The summed E-state index contributed by atoms with van der Waals surface area (Å²) in [5.41, 5.74) is 1.50. The van der Waals surface area contributed by atoms with Gasteiger partial charge in [-0.05, 0) is 37.8 Å². The van der Waals surface area contributed by atoms with Crippen molar-refractivity contribution in [3.63, 3.8) is 0 Å². The summed E-state index contributed by atoms with van der Waals surface area (Å²) in [5.74, 6) is 2.43. The molecule has 0 aliphatic heterocycles. The zero-order chi connectivity index (χ0) is 26.6. The van der Waals surface area contributed by atoms with Gasteiger partial charge in [0.15, 0.2) is 17.4 Å². The molecule has 0 spiro atoms. The molecule has 1 saturated carbocycles. The molecule has 2 aromatic heterocycles. The quantitative estimate of drug-likeness (QED) is 0.200. The lowest BCUT2D eigenvalue weighted by molar-refractivity contribution is -0.118. The SMILES string of the molecule is C=C.C=C(F)CCC(=O)N(CCCCCc1nc(C2CC2)no1)c1cccc(-c2ncc(OC)cn2)c1. The van der Waals surface area contributed by atoms with E-state index in [1.165, 1.54) is 0 Å². The number of rotatable bonds is 13. The maximum absolute atomic E-state index is 13.2. The van der Waals surface area contributed by atoms with Crippen LogP contribution in [-0.2, 0) is 11.2 Å². The first-order valence-corrected chi connectivity index (χ1v) is 12.5. The summed E-state index contributed by atoms with van der Waals surface area (Å²) in [4.78, 5) is 27.8. The number of ether oxygens (including phenoxy) is 1. The van der Waals surface area contributed by atoms with Gasteiger partial charge in [0.2, 0.25) is 11.8 Å². The van der Waals surface area contributed by atoms with Gasteiger partial charge in [-0.1, -0.05) is 30.3 Å². The van der Waals surface area contributed by atoms with Gasteiger partial charge in [0.05, 0.1) is 25.3 Å². The number of methoxy groups -OCH3 is 1. The lowest BCUT2D eigenvalue weighted by Crippen LogP contribution is -2.31. The van der Waals surface area contributed by atoms with Crippen LogP contribution in [0.1, 0.15) is 62.6 Å². The third-order valence-corrected chi connectivity index (χ3v) is 5.89. The number of halogens is 1. The monoisotopic (exact) mass is 507 g/mol. The van der Waals surface area contributed by atoms with Crippen LogP contribution in [0.15, 0.2) is 66.7 Å². The van der Waals surface area contributed by atoms with E-state index in [9.17, 15) is 9.18 Å². The first-order valence-electron chi connectivity index (χ1n) is 12.5. The molecule has 4 rings (SSSR count). The molecule has 0 radical (unpaired) electrons. The molecule has 9 heteroatoms. The Balaban J connectivity index is 0.00000186. The molecule has 8 nitrogen and oxygen atoms in total. The maximum Gasteiger partial charge on any atom is 0.227 e. The van der Waals surface area contributed by atoms with Crippen molar-refractivity contribution < 1.29 is 18.4 Å². The third kappa shape index (κ3) is 8.34. The van der Waals surface area contributed by atoms with Crippen molar-refractivity contribution >= 4 is 11.6 Å². The molecule has 0 bridgehead atoms. The highest BCUT2D eigenvalue weighted by Gasteiger charge is 2.28. The van der Waals surface area contributed by atoms with Crippen molar-refractivity contribution in [1.82, 2.24) is 20.1 Å². The fourth-order valence-electron chi connectivity index (χ4n) is 3.76. The third-order valence-electron chi connectivity index (χ3n) is 5.89. The molecule has 1 aliphatic carbocycles. The van der Waals surface area contributed by atoms with E-state index in [0.717, 1.165) is 55.6 Å². The van der Waals surface area contributed by atoms with Gasteiger partial charge in [-0.3, -0.25) is 4.79 Å². The smallest absolute Gasteiger partial charge is 0.227 e. The van der Waals surface area contributed by atoms with Crippen molar-refractivity contribution in [3.05, 3.63) is 73.9 Å². The minimum absolute atomic E-state index is 0.0110. The fourth-order valence-corrected chi connectivity index (χ4v) is 3.76. The summed E-state index contributed by atoms with van der Waals surface area (Å²) in [5, 5.41) is 4.05. The Bertz CT molecular complexity index is 1160. The highest BCUT2D eigenvalue weighted by Crippen LogP contribution is 2.38. The molecule has 2 heterocycles. The van der Waals surface area contributed by atoms with Crippen LogP contribution in [0.4, 0.5) is 10.1 Å². The van der Waals surface area contributed by atoms with Crippen molar-refractivity contribution in [2.75, 3.05) is 18.6 Å². The molecule has 0 saturated heterocycles. The number of benzene rings is 1. The van der Waals surface area contributed by atoms with Crippen LogP contribution in [-0.4, -0.2) is 39.7 Å². The molecular weight excluding hydrogens is 473 g/mol. The molecule has 1 fully saturated rings. The lowest BCUT2D eigenvalue weighted by atomic mass is 10.1. The van der Waals surface area contributed by atoms with Gasteiger partial charge in [0.1, 0.15) is 0 Å². The predicted octanol–water partition coefficient (Wildman–Crippen LogP) is 6.22. The average molecular weight is 508 g/mol. The Hall–Kier alpha value is -3.88. The average Bonchev–Trinajstić information content (AvgIpc) is 3.68. The highest BCUT2D eigenvalue weighted by atomic mass is 19.1. The van der Waals surface area contributed by atoms with Crippen LogP contribution in [0.2, 0.25) is 0 Å². The molecule has 1 aliphatic rings. The van der Waals surface area contributed by atoms with Gasteiger partial charge in [0.25, 0.3) is 0 Å². The van der Waals surface area contributed by atoms with E-state index >= 15 is 0 Å². The van der Waals surface area contributed by atoms with Gasteiger partial charge < -0.3 is 14.2 Å². The van der Waals surface area contributed by atoms with E-state index in [0.29, 0.717) is 29.9 Å². The predicted molar refractivity (Wildman–Crippen MR) is 141 cm³/mol. The zero-order valence-electron chi connectivity index (χ0n) is 21.4. The van der Waals surface area contributed by atoms with Crippen LogP contribution in [0.5, 0.6) is 5.75 Å². The standard InChI is InChI=1S/C26H30FN5O3.C2H4/c1-18(27)10-13-24(33)32(14-5-3-4-9-23-30-26(31-35-23)19-11-12-19)21-8-6-7-20(15-21)25-28-16-22(34-2)17-29-25;1-2/h6-8,15-17,19H,1,3-5,9-14H2,2H3;1-2H2. The Morgan fingerprint density at radius 1 is 1.16 bits per heavy atom. The first kappa shape index (κ1) is 27.7. The number of aromatic nitrogens is 4. The Kier molecular flexibility index (Phi) is 10.5. The van der Waals surface area contributed by atoms with E-state index in [1.54, 1.807) is 24.4 Å². The van der Waals surface area contributed by atoms with Gasteiger partial charge in [-0.2, -0.15) is 4.98 Å². The molecule has 3 aromatic rings. The second kappa shape index (κ2) is 14.0. The second-order valence-electron chi connectivity index (χ2n) is 8.69. The normalized spacial score (nSPS) is 12.4. The summed E-state index contributed by atoms with van der Waals surface area (Å²) >= 11 is 0. The number of carbonyl (C=O) groups excluding carboxylic acids is 1. The molecule has 1 amide bonds. The molecule has 37 heavy (non-hydrogen) atoms. The van der Waals surface area contributed by atoms with Crippen LogP contribution >= 0.6 is 0 Å². The summed E-state index contributed by atoms with van der Waals surface area (Å²) in [7, 11) is 1.56. The molecule has 0 unspecified atom stereocenters. The molecular formula is C28H34FN5O3. The van der Waals surface area contributed by atoms with E-state index in [-0.39, 0.29) is 18.7 Å². The summed E-state index contributed by atoms with van der Waals surface area (Å²) in [6.07, 6.45) is 8.84. The Morgan fingerprint density at radius 2 is 1.92 bits per heavy atom. The van der Waals surface area contributed by atoms with Crippen molar-refractivity contribution in [2.24, 2.45) is 0 Å². The van der Waals surface area contributed by atoms with Crippen LogP contribution in [0, 0.1) is 0 Å². The molecule has 0 atom stereocenters. The minimum Gasteiger partial charge on any atom is -0.494 e. The van der Waals surface area contributed by atoms with Crippen molar-refractivity contribution in [3.8, 4) is 17.1 Å². The van der Waals surface area contributed by atoms with Crippen LogP contribution in [0.25, 0.3) is 11.4 Å². The van der Waals surface area contributed by atoms with Gasteiger partial charge in [0, 0.05) is 43.0 Å². The number of hydrogen-bond donors (Lipinski definition) is 0.